The van der Waals surface area contributed by atoms with Crippen molar-refractivity contribution < 1.29 is 14.3 Å². The summed E-state index contributed by atoms with van der Waals surface area (Å²) in [5.41, 5.74) is 6.41. The average molecular weight is 436 g/mol. The third-order valence-electron chi connectivity index (χ3n) is 3.66. The number of amides is 2. The van der Waals surface area contributed by atoms with Crippen molar-refractivity contribution in [2.45, 2.75) is 6.42 Å². The Morgan fingerprint density at radius 3 is 2.79 bits per heavy atom. The number of halogens is 2. The zero-order chi connectivity index (χ0) is 20.1. The molecule has 0 atom stereocenters. The fraction of sp³-hybridized carbons (Fsp3) is 0.105. The number of aromatic nitrogens is 1. The van der Waals surface area contributed by atoms with Crippen molar-refractivity contribution in [2.24, 2.45) is 5.73 Å². The molecule has 0 saturated carbocycles. The van der Waals surface area contributed by atoms with Crippen LogP contribution in [0.5, 0.6) is 5.75 Å². The Kier molecular flexibility index (Phi) is 6.51. The third kappa shape index (κ3) is 5.45. The molecule has 9 heteroatoms. The van der Waals surface area contributed by atoms with E-state index in [1.807, 2.05) is 0 Å². The van der Waals surface area contributed by atoms with Gasteiger partial charge >= 0.3 is 0 Å². The van der Waals surface area contributed by atoms with E-state index in [0.29, 0.717) is 32.9 Å². The number of thiazole rings is 1. The summed E-state index contributed by atoms with van der Waals surface area (Å²) in [6, 6.07) is 11.6. The van der Waals surface area contributed by atoms with Gasteiger partial charge in [-0.05, 0) is 42.0 Å². The van der Waals surface area contributed by atoms with Crippen molar-refractivity contribution in [2.75, 3.05) is 11.9 Å². The van der Waals surface area contributed by atoms with Gasteiger partial charge < -0.3 is 10.5 Å². The number of nitrogens with two attached hydrogens (primary N) is 1. The average Bonchev–Trinajstić information content (AvgIpc) is 3.10. The van der Waals surface area contributed by atoms with Crippen LogP contribution in [0.4, 0.5) is 5.13 Å². The molecule has 1 aromatic heterocycles. The van der Waals surface area contributed by atoms with Gasteiger partial charge in [-0.2, -0.15) is 0 Å². The van der Waals surface area contributed by atoms with E-state index >= 15 is 0 Å². The molecular formula is C19H15Cl2N3O3S. The van der Waals surface area contributed by atoms with Gasteiger partial charge in [-0.25, -0.2) is 4.98 Å². The summed E-state index contributed by atoms with van der Waals surface area (Å²) in [7, 11) is 0. The molecule has 0 aliphatic heterocycles. The highest BCUT2D eigenvalue weighted by molar-refractivity contribution is 7.15. The molecule has 3 N–H and O–H groups in total. The van der Waals surface area contributed by atoms with Gasteiger partial charge in [0.1, 0.15) is 5.75 Å². The van der Waals surface area contributed by atoms with Gasteiger partial charge in [0, 0.05) is 33.1 Å². The van der Waals surface area contributed by atoms with E-state index in [9.17, 15) is 9.59 Å². The summed E-state index contributed by atoms with van der Waals surface area (Å²) in [5, 5.41) is 4.35. The summed E-state index contributed by atoms with van der Waals surface area (Å²) in [6.45, 7) is -0.225. The SMILES string of the molecule is NC(=O)c1cccc(OCC(=O)Nc2ncc(Cc3cc(Cl)ccc3Cl)s2)c1. The molecule has 0 aliphatic rings. The van der Waals surface area contributed by atoms with E-state index < -0.39 is 5.91 Å². The van der Waals surface area contributed by atoms with Crippen LogP contribution >= 0.6 is 34.5 Å². The second-order valence-electron chi connectivity index (χ2n) is 5.77. The standard InChI is InChI=1S/C19H15Cl2N3O3S/c20-13-4-5-16(21)12(6-13)8-15-9-23-19(28-15)24-17(25)10-27-14-3-1-2-11(7-14)18(22)26/h1-7,9H,8,10H2,(H2,22,26)(H,23,24,25). The molecule has 0 spiro atoms. The van der Waals surface area contributed by atoms with E-state index in [2.05, 4.69) is 10.3 Å². The molecule has 2 amide bonds. The van der Waals surface area contributed by atoms with Gasteiger partial charge in [-0.15, -0.1) is 11.3 Å². The lowest BCUT2D eigenvalue weighted by Crippen LogP contribution is -2.20. The summed E-state index contributed by atoms with van der Waals surface area (Å²) >= 11 is 13.5. The number of nitrogens with zero attached hydrogens (tertiary/aromatic N) is 1. The highest BCUT2D eigenvalue weighted by Crippen LogP contribution is 2.27. The molecule has 28 heavy (non-hydrogen) atoms. The highest BCUT2D eigenvalue weighted by atomic mass is 35.5. The first-order valence-corrected chi connectivity index (χ1v) is 9.69. The Balaban J connectivity index is 1.56. The van der Waals surface area contributed by atoms with Crippen LogP contribution in [0.1, 0.15) is 20.8 Å². The molecule has 0 fully saturated rings. The number of carbonyl (C=O) groups excluding carboxylic acids is 2. The molecule has 3 aromatic rings. The minimum Gasteiger partial charge on any atom is -0.484 e. The topological polar surface area (TPSA) is 94.3 Å². The van der Waals surface area contributed by atoms with Crippen LogP contribution in [0, 0.1) is 0 Å². The molecule has 2 aromatic carbocycles. The number of carbonyl (C=O) groups is 2. The van der Waals surface area contributed by atoms with Gasteiger partial charge in [0.25, 0.3) is 5.91 Å². The lowest BCUT2D eigenvalue weighted by atomic mass is 10.1. The van der Waals surface area contributed by atoms with Crippen molar-refractivity contribution in [1.82, 2.24) is 4.98 Å². The molecule has 3 rings (SSSR count). The van der Waals surface area contributed by atoms with Crippen LogP contribution in [0.3, 0.4) is 0 Å². The second kappa shape index (κ2) is 9.05. The number of rotatable bonds is 7. The second-order valence-corrected chi connectivity index (χ2v) is 7.73. The number of ether oxygens (including phenoxy) is 1. The number of benzene rings is 2. The lowest BCUT2D eigenvalue weighted by molar-refractivity contribution is -0.118. The van der Waals surface area contributed by atoms with Crippen LogP contribution in [0.25, 0.3) is 0 Å². The van der Waals surface area contributed by atoms with Crippen molar-refractivity contribution >= 4 is 51.5 Å². The largest absolute Gasteiger partial charge is 0.484 e. The van der Waals surface area contributed by atoms with Crippen LogP contribution in [0.2, 0.25) is 10.0 Å². The van der Waals surface area contributed by atoms with Crippen molar-refractivity contribution in [3.63, 3.8) is 0 Å². The first kappa shape index (κ1) is 20.1. The predicted octanol–water partition coefficient (Wildman–Crippen LogP) is 4.16. The Labute approximate surface area is 175 Å². The first-order chi connectivity index (χ1) is 13.4. The normalized spacial score (nSPS) is 10.5. The fourth-order valence-electron chi connectivity index (χ4n) is 2.36. The first-order valence-electron chi connectivity index (χ1n) is 8.12. The molecule has 0 aliphatic carbocycles. The van der Waals surface area contributed by atoms with Gasteiger partial charge in [-0.1, -0.05) is 29.3 Å². The number of primary amides is 1. The Morgan fingerprint density at radius 1 is 1.18 bits per heavy atom. The van der Waals surface area contributed by atoms with E-state index in [1.165, 1.54) is 17.4 Å². The quantitative estimate of drug-likeness (QED) is 0.582. The summed E-state index contributed by atoms with van der Waals surface area (Å²) in [5.74, 6) is -0.557. The van der Waals surface area contributed by atoms with Crippen molar-refractivity contribution in [3.05, 3.63) is 74.7 Å². The molecule has 6 nitrogen and oxygen atoms in total. The predicted molar refractivity (Wildman–Crippen MR) is 110 cm³/mol. The summed E-state index contributed by atoms with van der Waals surface area (Å²) in [6.07, 6.45) is 2.23. The minimum absolute atomic E-state index is 0.225. The van der Waals surface area contributed by atoms with Crippen molar-refractivity contribution in [3.8, 4) is 5.75 Å². The number of hydrogen-bond acceptors (Lipinski definition) is 5. The van der Waals surface area contributed by atoms with Crippen LogP contribution in [0.15, 0.2) is 48.7 Å². The lowest BCUT2D eigenvalue weighted by Gasteiger charge is -2.06. The molecule has 0 bridgehead atoms. The van der Waals surface area contributed by atoms with Crippen LogP contribution < -0.4 is 15.8 Å². The summed E-state index contributed by atoms with van der Waals surface area (Å²) in [4.78, 5) is 28.4. The Morgan fingerprint density at radius 2 is 2.00 bits per heavy atom. The Hall–Kier alpha value is -2.61. The molecule has 1 heterocycles. The van der Waals surface area contributed by atoms with Gasteiger partial charge in [0.05, 0.1) is 0 Å². The van der Waals surface area contributed by atoms with E-state index in [1.54, 1.807) is 42.6 Å². The van der Waals surface area contributed by atoms with Gasteiger partial charge in [0.15, 0.2) is 11.7 Å². The zero-order valence-corrected chi connectivity index (χ0v) is 16.8. The number of nitrogens with one attached hydrogen (secondary N) is 1. The van der Waals surface area contributed by atoms with E-state index in [-0.39, 0.29) is 12.5 Å². The summed E-state index contributed by atoms with van der Waals surface area (Å²) < 4.78 is 5.39. The molecule has 0 unspecified atom stereocenters. The third-order valence-corrected chi connectivity index (χ3v) is 5.18. The molecule has 0 saturated heterocycles. The van der Waals surface area contributed by atoms with Crippen molar-refractivity contribution in [1.29, 1.82) is 0 Å². The maximum Gasteiger partial charge on any atom is 0.264 e. The maximum absolute atomic E-state index is 12.1. The fourth-order valence-corrected chi connectivity index (χ4v) is 3.59. The Bertz CT molecular complexity index is 1020. The minimum atomic E-state index is -0.565. The van der Waals surface area contributed by atoms with E-state index in [4.69, 9.17) is 33.7 Å². The molecule has 0 radical (unpaired) electrons. The van der Waals surface area contributed by atoms with E-state index in [0.717, 1.165) is 10.4 Å². The maximum atomic E-state index is 12.1. The van der Waals surface area contributed by atoms with Crippen LogP contribution in [-0.4, -0.2) is 23.4 Å². The molecular weight excluding hydrogens is 421 g/mol. The number of hydrogen-bond donors (Lipinski definition) is 2. The number of anilines is 1. The van der Waals surface area contributed by atoms with Gasteiger partial charge in [0.2, 0.25) is 5.91 Å². The van der Waals surface area contributed by atoms with Gasteiger partial charge in [-0.3, -0.25) is 14.9 Å². The molecule has 144 valence electrons. The van der Waals surface area contributed by atoms with Crippen LogP contribution in [-0.2, 0) is 11.2 Å². The highest BCUT2D eigenvalue weighted by Gasteiger charge is 2.10. The zero-order valence-electron chi connectivity index (χ0n) is 14.4. The monoisotopic (exact) mass is 435 g/mol. The smallest absolute Gasteiger partial charge is 0.264 e.